The Balaban J connectivity index is 2.16. The molecule has 0 unspecified atom stereocenters. The first kappa shape index (κ1) is 3.58. The van der Waals surface area contributed by atoms with E-state index in [1.54, 1.807) is 0 Å². The van der Waals surface area contributed by atoms with Crippen LogP contribution in [0, 0.1) is 10.8 Å². The van der Waals surface area contributed by atoms with Gasteiger partial charge < -0.3 is 0 Å². The second-order valence-electron chi connectivity index (χ2n) is 2.79. The zero-order valence-electron chi connectivity index (χ0n) is 4.05. The first-order valence-corrected chi connectivity index (χ1v) is 2.69. The third-order valence-corrected chi connectivity index (χ3v) is 2.20. The van der Waals surface area contributed by atoms with Gasteiger partial charge in [0.05, 0.1) is 0 Å². The maximum Gasteiger partial charge on any atom is 0.103 e. The van der Waals surface area contributed by atoms with Gasteiger partial charge in [0.2, 0.25) is 0 Å². The Bertz CT molecular complexity index is 104. The van der Waals surface area contributed by atoms with Crippen LogP contribution in [0.2, 0.25) is 0 Å². The Morgan fingerprint density at radius 3 is 2.00 bits per heavy atom. The molecule has 2 heteroatoms. The van der Waals surface area contributed by atoms with Crippen LogP contribution in [-0.2, 0) is 0 Å². The van der Waals surface area contributed by atoms with Crippen molar-refractivity contribution in [3.05, 3.63) is 4.91 Å². The highest BCUT2D eigenvalue weighted by Gasteiger charge is 2.58. The molecule has 3 fully saturated rings. The zero-order chi connectivity index (χ0) is 4.91. The van der Waals surface area contributed by atoms with Crippen LogP contribution in [0.3, 0.4) is 0 Å². The van der Waals surface area contributed by atoms with Crippen LogP contribution in [0.25, 0.3) is 0 Å². The minimum absolute atomic E-state index is 0.0231. The molecule has 0 saturated heterocycles. The molecule has 0 aromatic heterocycles. The van der Waals surface area contributed by atoms with Crippen molar-refractivity contribution in [1.82, 2.24) is 0 Å². The van der Waals surface area contributed by atoms with Gasteiger partial charge in [-0.2, -0.15) is 4.91 Å². The summed E-state index contributed by atoms with van der Waals surface area (Å²) in [7, 11) is 0. The van der Waals surface area contributed by atoms with E-state index in [1.807, 2.05) is 0 Å². The van der Waals surface area contributed by atoms with E-state index in [-0.39, 0.29) is 5.54 Å². The Kier molecular flexibility index (Phi) is 0.382. The molecule has 3 rings (SSSR count). The van der Waals surface area contributed by atoms with Crippen molar-refractivity contribution < 1.29 is 0 Å². The monoisotopic (exact) mass is 97.1 g/mol. The molecular weight excluding hydrogens is 90.1 g/mol. The number of hydrogen-bond donors (Lipinski definition) is 0. The molecule has 3 aliphatic carbocycles. The second-order valence-corrected chi connectivity index (χ2v) is 2.79. The standard InChI is InChI=1S/C5H7NO/c7-6-5-1-4(2-5)3-5/h4H,1-3H2. The van der Waals surface area contributed by atoms with Gasteiger partial charge in [0, 0.05) is 0 Å². The largest absolute Gasteiger partial charge is 0.150 e. The van der Waals surface area contributed by atoms with Gasteiger partial charge in [-0.05, 0) is 25.2 Å². The van der Waals surface area contributed by atoms with Crippen LogP contribution < -0.4 is 0 Å². The van der Waals surface area contributed by atoms with E-state index < -0.39 is 0 Å². The summed E-state index contributed by atoms with van der Waals surface area (Å²) in [6, 6.07) is 0. The fourth-order valence-corrected chi connectivity index (χ4v) is 1.54. The molecule has 3 aliphatic rings. The van der Waals surface area contributed by atoms with E-state index in [0.717, 1.165) is 25.2 Å². The lowest BCUT2D eigenvalue weighted by Gasteiger charge is -2.56. The highest BCUT2D eigenvalue weighted by molar-refractivity contribution is 5.13. The lowest BCUT2D eigenvalue weighted by molar-refractivity contribution is -0.0161. The van der Waals surface area contributed by atoms with Crippen molar-refractivity contribution in [3.63, 3.8) is 0 Å². The smallest absolute Gasteiger partial charge is 0.103 e. The quantitative estimate of drug-likeness (QED) is 0.453. The van der Waals surface area contributed by atoms with Crippen molar-refractivity contribution in [2.45, 2.75) is 24.8 Å². The van der Waals surface area contributed by atoms with Crippen molar-refractivity contribution in [1.29, 1.82) is 0 Å². The van der Waals surface area contributed by atoms with Gasteiger partial charge in [-0.15, -0.1) is 0 Å². The van der Waals surface area contributed by atoms with Crippen LogP contribution >= 0.6 is 0 Å². The molecule has 38 valence electrons. The maximum atomic E-state index is 9.90. The van der Waals surface area contributed by atoms with Crippen LogP contribution in [-0.4, -0.2) is 5.54 Å². The summed E-state index contributed by atoms with van der Waals surface area (Å²) >= 11 is 0. The average molecular weight is 97.1 g/mol. The summed E-state index contributed by atoms with van der Waals surface area (Å²) < 4.78 is 0. The summed E-state index contributed by atoms with van der Waals surface area (Å²) in [5.74, 6) is 0.887. The normalized spacial score (nSPS) is 54.6. The summed E-state index contributed by atoms with van der Waals surface area (Å²) in [6.45, 7) is 0. The van der Waals surface area contributed by atoms with Gasteiger partial charge >= 0.3 is 0 Å². The molecule has 0 amide bonds. The number of hydrogen-bond acceptors (Lipinski definition) is 2. The highest BCUT2D eigenvalue weighted by atomic mass is 16.3. The second kappa shape index (κ2) is 0.746. The van der Waals surface area contributed by atoms with Gasteiger partial charge in [-0.1, -0.05) is 5.18 Å². The van der Waals surface area contributed by atoms with Crippen LogP contribution in [0.1, 0.15) is 19.3 Å². The molecule has 0 spiro atoms. The molecule has 2 bridgehead atoms. The van der Waals surface area contributed by atoms with Crippen LogP contribution in [0.5, 0.6) is 0 Å². The predicted octanol–water partition coefficient (Wildman–Crippen LogP) is 1.31. The van der Waals surface area contributed by atoms with E-state index in [4.69, 9.17) is 0 Å². The molecule has 0 aromatic carbocycles. The topological polar surface area (TPSA) is 29.4 Å². The van der Waals surface area contributed by atoms with Crippen molar-refractivity contribution in [2.24, 2.45) is 11.1 Å². The molecule has 0 heterocycles. The van der Waals surface area contributed by atoms with Crippen LogP contribution in [0.4, 0.5) is 0 Å². The van der Waals surface area contributed by atoms with E-state index in [1.165, 1.54) is 0 Å². The molecule has 0 aliphatic heterocycles. The summed E-state index contributed by atoms with van der Waals surface area (Å²) in [5, 5.41) is 3.04. The van der Waals surface area contributed by atoms with E-state index in [9.17, 15) is 4.91 Å². The molecule has 0 radical (unpaired) electrons. The third-order valence-electron chi connectivity index (χ3n) is 2.20. The molecule has 2 nitrogen and oxygen atoms in total. The number of nitrogens with zero attached hydrogens (tertiary/aromatic N) is 1. The maximum absolute atomic E-state index is 9.90. The van der Waals surface area contributed by atoms with Gasteiger partial charge in [0.25, 0.3) is 0 Å². The Morgan fingerprint density at radius 2 is 2.00 bits per heavy atom. The molecule has 0 N–H and O–H groups in total. The van der Waals surface area contributed by atoms with Gasteiger partial charge in [0.15, 0.2) is 0 Å². The Morgan fingerprint density at radius 1 is 1.43 bits per heavy atom. The lowest BCUT2D eigenvalue weighted by Crippen LogP contribution is -2.56. The van der Waals surface area contributed by atoms with Gasteiger partial charge in [-0.25, -0.2) is 0 Å². The highest BCUT2D eigenvalue weighted by Crippen LogP contribution is 2.59. The minimum atomic E-state index is -0.0231. The molecule has 0 aromatic rings. The fourth-order valence-electron chi connectivity index (χ4n) is 1.54. The molecule has 0 atom stereocenters. The first-order valence-electron chi connectivity index (χ1n) is 2.69. The molecule has 3 saturated carbocycles. The van der Waals surface area contributed by atoms with Crippen molar-refractivity contribution in [2.75, 3.05) is 0 Å². The SMILES string of the molecule is O=NC12CC(C1)C2. The number of rotatable bonds is 1. The van der Waals surface area contributed by atoms with Gasteiger partial charge in [-0.3, -0.25) is 0 Å². The third kappa shape index (κ3) is 0.234. The van der Waals surface area contributed by atoms with E-state index in [2.05, 4.69) is 5.18 Å². The summed E-state index contributed by atoms with van der Waals surface area (Å²) in [5.41, 5.74) is -0.0231. The Labute approximate surface area is 41.9 Å². The number of nitroso groups, excluding NO2 is 1. The minimum Gasteiger partial charge on any atom is -0.150 e. The predicted molar refractivity (Wildman–Crippen MR) is 25.9 cm³/mol. The first-order chi connectivity index (χ1) is 3.35. The van der Waals surface area contributed by atoms with Crippen LogP contribution in [0.15, 0.2) is 5.18 Å². The summed E-state index contributed by atoms with van der Waals surface area (Å²) in [6.07, 6.45) is 3.28. The lowest BCUT2D eigenvalue weighted by atomic mass is 9.50. The van der Waals surface area contributed by atoms with E-state index in [0.29, 0.717) is 0 Å². The summed E-state index contributed by atoms with van der Waals surface area (Å²) in [4.78, 5) is 9.90. The van der Waals surface area contributed by atoms with Crippen molar-refractivity contribution in [3.8, 4) is 0 Å². The Hall–Kier alpha value is -0.400. The van der Waals surface area contributed by atoms with Crippen molar-refractivity contribution >= 4 is 0 Å². The van der Waals surface area contributed by atoms with E-state index >= 15 is 0 Å². The zero-order valence-corrected chi connectivity index (χ0v) is 4.05. The fraction of sp³-hybridized carbons (Fsp3) is 1.00. The molecular formula is C5H7NO. The van der Waals surface area contributed by atoms with Gasteiger partial charge in [0.1, 0.15) is 5.54 Å². The average Bonchev–Trinajstić information content (AvgIpc) is 1.25. The molecule has 7 heavy (non-hydrogen) atoms.